The average Bonchev–Trinajstić information content (AvgIpc) is 2.81. The highest BCUT2D eigenvalue weighted by Gasteiger charge is 2.04. The molecule has 0 unspecified atom stereocenters. The standard InChI is InChI=1S/C15H16FNO2S/c16-12-3-1-2-11(8-12)6-7-17-10-14-5-4-13(20-14)9-15(18)19/h1-5,8,17H,6-7,9-10H2,(H,18,19). The van der Waals surface area contributed by atoms with E-state index in [0.29, 0.717) is 6.54 Å². The Morgan fingerprint density at radius 2 is 2.05 bits per heavy atom. The van der Waals surface area contributed by atoms with E-state index in [0.717, 1.165) is 28.3 Å². The van der Waals surface area contributed by atoms with Crippen molar-refractivity contribution in [2.75, 3.05) is 6.54 Å². The minimum Gasteiger partial charge on any atom is -0.481 e. The van der Waals surface area contributed by atoms with Crippen molar-refractivity contribution in [1.29, 1.82) is 0 Å². The van der Waals surface area contributed by atoms with Crippen molar-refractivity contribution in [3.05, 3.63) is 57.5 Å². The Morgan fingerprint density at radius 3 is 2.80 bits per heavy atom. The number of carboxylic acids is 1. The monoisotopic (exact) mass is 293 g/mol. The second-order valence-corrected chi connectivity index (χ2v) is 5.75. The summed E-state index contributed by atoms with van der Waals surface area (Å²) in [5.41, 5.74) is 0.968. The van der Waals surface area contributed by atoms with Crippen LogP contribution in [-0.4, -0.2) is 17.6 Å². The number of thiophene rings is 1. The van der Waals surface area contributed by atoms with Crippen LogP contribution < -0.4 is 5.32 Å². The minimum absolute atomic E-state index is 0.0773. The fraction of sp³-hybridized carbons (Fsp3) is 0.267. The normalized spacial score (nSPS) is 10.7. The van der Waals surface area contributed by atoms with E-state index >= 15 is 0 Å². The largest absolute Gasteiger partial charge is 0.481 e. The van der Waals surface area contributed by atoms with Gasteiger partial charge in [0, 0.05) is 16.3 Å². The van der Waals surface area contributed by atoms with E-state index < -0.39 is 5.97 Å². The van der Waals surface area contributed by atoms with Gasteiger partial charge in [-0.3, -0.25) is 4.79 Å². The molecule has 1 heterocycles. The van der Waals surface area contributed by atoms with Gasteiger partial charge in [0.15, 0.2) is 0 Å². The van der Waals surface area contributed by atoms with E-state index in [-0.39, 0.29) is 12.2 Å². The average molecular weight is 293 g/mol. The molecule has 20 heavy (non-hydrogen) atoms. The van der Waals surface area contributed by atoms with Crippen molar-refractivity contribution in [2.45, 2.75) is 19.4 Å². The van der Waals surface area contributed by atoms with E-state index in [1.165, 1.54) is 23.5 Å². The van der Waals surface area contributed by atoms with Crippen molar-refractivity contribution in [3.8, 4) is 0 Å². The van der Waals surface area contributed by atoms with Gasteiger partial charge < -0.3 is 10.4 Å². The Morgan fingerprint density at radius 1 is 1.25 bits per heavy atom. The lowest BCUT2D eigenvalue weighted by atomic mass is 10.1. The molecular formula is C15H16FNO2S. The van der Waals surface area contributed by atoms with Crippen LogP contribution in [0.4, 0.5) is 4.39 Å². The van der Waals surface area contributed by atoms with E-state index in [1.54, 1.807) is 6.07 Å². The molecule has 0 fully saturated rings. The molecule has 0 radical (unpaired) electrons. The van der Waals surface area contributed by atoms with Gasteiger partial charge in [-0.1, -0.05) is 12.1 Å². The predicted octanol–water partition coefficient (Wildman–Crippen LogP) is 2.85. The van der Waals surface area contributed by atoms with E-state index in [9.17, 15) is 9.18 Å². The van der Waals surface area contributed by atoms with Crippen molar-refractivity contribution in [2.24, 2.45) is 0 Å². The van der Waals surface area contributed by atoms with Gasteiger partial charge in [0.25, 0.3) is 0 Å². The number of hydrogen-bond acceptors (Lipinski definition) is 3. The van der Waals surface area contributed by atoms with Crippen LogP contribution in [-0.2, 0) is 24.2 Å². The van der Waals surface area contributed by atoms with E-state index in [2.05, 4.69) is 5.32 Å². The molecule has 0 amide bonds. The molecule has 0 atom stereocenters. The third kappa shape index (κ3) is 4.75. The zero-order chi connectivity index (χ0) is 14.4. The summed E-state index contributed by atoms with van der Waals surface area (Å²) in [6.07, 6.45) is 0.846. The number of benzene rings is 1. The zero-order valence-electron chi connectivity index (χ0n) is 10.9. The lowest BCUT2D eigenvalue weighted by Gasteiger charge is -2.03. The first-order valence-electron chi connectivity index (χ1n) is 6.38. The van der Waals surface area contributed by atoms with Crippen LogP contribution in [0.3, 0.4) is 0 Å². The van der Waals surface area contributed by atoms with E-state index in [4.69, 9.17) is 5.11 Å². The Balaban J connectivity index is 1.73. The first kappa shape index (κ1) is 14.7. The fourth-order valence-corrected chi connectivity index (χ4v) is 2.88. The molecule has 0 aliphatic carbocycles. The molecule has 0 saturated carbocycles. The third-order valence-corrected chi connectivity index (χ3v) is 3.91. The highest BCUT2D eigenvalue weighted by molar-refractivity contribution is 7.12. The Labute approximate surface area is 121 Å². The Kier molecular flexibility index (Phi) is 5.26. The summed E-state index contributed by atoms with van der Waals surface area (Å²) < 4.78 is 13.0. The van der Waals surface area contributed by atoms with Gasteiger partial charge in [0.05, 0.1) is 6.42 Å². The first-order chi connectivity index (χ1) is 9.63. The summed E-state index contributed by atoms with van der Waals surface area (Å²) in [6.45, 7) is 1.47. The fourth-order valence-electron chi connectivity index (χ4n) is 1.90. The molecule has 0 aliphatic rings. The van der Waals surface area contributed by atoms with Crippen LogP contribution >= 0.6 is 11.3 Å². The highest BCUT2D eigenvalue weighted by Crippen LogP contribution is 2.16. The third-order valence-electron chi connectivity index (χ3n) is 2.82. The van der Waals surface area contributed by atoms with Crippen LogP contribution in [0.15, 0.2) is 36.4 Å². The molecule has 3 nitrogen and oxygen atoms in total. The molecule has 2 rings (SSSR count). The Hall–Kier alpha value is -1.72. The van der Waals surface area contributed by atoms with Crippen molar-refractivity contribution in [1.82, 2.24) is 5.32 Å². The van der Waals surface area contributed by atoms with Crippen LogP contribution in [0.1, 0.15) is 15.3 Å². The van der Waals surface area contributed by atoms with Gasteiger partial charge in [-0.05, 0) is 42.8 Å². The SMILES string of the molecule is O=C(O)Cc1ccc(CNCCc2cccc(F)c2)s1. The summed E-state index contributed by atoms with van der Waals surface area (Å²) >= 11 is 1.51. The topological polar surface area (TPSA) is 49.3 Å². The van der Waals surface area contributed by atoms with Crippen molar-refractivity contribution < 1.29 is 14.3 Å². The number of carboxylic acid groups (broad SMARTS) is 1. The van der Waals surface area contributed by atoms with Gasteiger partial charge >= 0.3 is 5.97 Å². The summed E-state index contributed by atoms with van der Waals surface area (Å²) in [6, 6.07) is 10.4. The maximum Gasteiger partial charge on any atom is 0.308 e. The molecule has 1 aromatic carbocycles. The maximum absolute atomic E-state index is 13.0. The molecule has 0 bridgehead atoms. The second-order valence-electron chi connectivity index (χ2n) is 4.50. The second kappa shape index (κ2) is 7.17. The number of halogens is 1. The van der Waals surface area contributed by atoms with Crippen molar-refractivity contribution in [3.63, 3.8) is 0 Å². The zero-order valence-corrected chi connectivity index (χ0v) is 11.8. The summed E-state index contributed by atoms with van der Waals surface area (Å²) in [5, 5.41) is 12.0. The van der Waals surface area contributed by atoms with Crippen LogP contribution in [0, 0.1) is 5.82 Å². The lowest BCUT2D eigenvalue weighted by molar-refractivity contribution is -0.136. The first-order valence-corrected chi connectivity index (χ1v) is 7.19. The molecule has 2 N–H and O–H groups in total. The molecule has 2 aromatic rings. The molecule has 5 heteroatoms. The lowest BCUT2D eigenvalue weighted by Crippen LogP contribution is -2.15. The molecule has 0 aliphatic heterocycles. The number of aliphatic carboxylic acids is 1. The predicted molar refractivity (Wildman–Crippen MR) is 77.5 cm³/mol. The smallest absolute Gasteiger partial charge is 0.308 e. The van der Waals surface area contributed by atoms with Crippen LogP contribution in [0.25, 0.3) is 0 Å². The van der Waals surface area contributed by atoms with Crippen LogP contribution in [0.2, 0.25) is 0 Å². The summed E-state index contributed by atoms with van der Waals surface area (Å²) in [4.78, 5) is 12.6. The number of hydrogen-bond donors (Lipinski definition) is 2. The van der Waals surface area contributed by atoms with Crippen LogP contribution in [0.5, 0.6) is 0 Å². The van der Waals surface area contributed by atoms with Gasteiger partial charge in [0.2, 0.25) is 0 Å². The number of nitrogens with one attached hydrogen (secondary N) is 1. The van der Waals surface area contributed by atoms with Crippen molar-refractivity contribution >= 4 is 17.3 Å². The molecule has 106 valence electrons. The maximum atomic E-state index is 13.0. The molecule has 0 saturated heterocycles. The minimum atomic E-state index is -0.808. The van der Waals surface area contributed by atoms with Gasteiger partial charge in [0.1, 0.15) is 5.82 Å². The molecule has 1 aromatic heterocycles. The quantitative estimate of drug-likeness (QED) is 0.772. The highest BCUT2D eigenvalue weighted by atomic mass is 32.1. The Bertz CT molecular complexity index is 583. The van der Waals surface area contributed by atoms with Gasteiger partial charge in [-0.2, -0.15) is 0 Å². The summed E-state index contributed by atoms with van der Waals surface area (Å²) in [7, 11) is 0. The number of carbonyl (C=O) groups is 1. The molecular weight excluding hydrogens is 277 g/mol. The van der Waals surface area contributed by atoms with Gasteiger partial charge in [-0.15, -0.1) is 11.3 Å². The van der Waals surface area contributed by atoms with Gasteiger partial charge in [-0.25, -0.2) is 4.39 Å². The molecule has 0 spiro atoms. The summed E-state index contributed by atoms with van der Waals surface area (Å²) in [5.74, 6) is -1.02. The van der Waals surface area contributed by atoms with E-state index in [1.807, 2.05) is 18.2 Å². The number of rotatable bonds is 7.